The van der Waals surface area contributed by atoms with E-state index in [1.807, 2.05) is 18.2 Å². The van der Waals surface area contributed by atoms with Gasteiger partial charge in [0, 0.05) is 24.8 Å². The van der Waals surface area contributed by atoms with Gasteiger partial charge in [0.15, 0.2) is 0 Å². The average molecular weight is 257 g/mol. The topological polar surface area (TPSA) is 46.4 Å². The normalized spacial score (nSPS) is 16.7. The molecular formula is C15H19N3O. The van der Waals surface area contributed by atoms with Crippen LogP contribution in [-0.4, -0.2) is 15.4 Å². The third-order valence-corrected chi connectivity index (χ3v) is 3.64. The van der Waals surface area contributed by atoms with E-state index in [0.29, 0.717) is 18.2 Å². The lowest BCUT2D eigenvalue weighted by molar-refractivity contribution is 0.484. The van der Waals surface area contributed by atoms with Crippen molar-refractivity contribution in [3.05, 3.63) is 46.5 Å². The van der Waals surface area contributed by atoms with Gasteiger partial charge >= 0.3 is 0 Å². The first-order chi connectivity index (χ1) is 9.22. The molecule has 3 rings (SSSR count). The summed E-state index contributed by atoms with van der Waals surface area (Å²) in [5.74, 6) is 0.915. The molecule has 4 heteroatoms. The molecule has 0 aliphatic heterocycles. The van der Waals surface area contributed by atoms with Crippen molar-refractivity contribution in [1.82, 2.24) is 14.7 Å². The third kappa shape index (κ3) is 3.01. The molecule has 2 aromatic heterocycles. The highest BCUT2D eigenvalue weighted by molar-refractivity contribution is 5.37. The van der Waals surface area contributed by atoms with Crippen LogP contribution in [0, 0.1) is 5.92 Å². The molecule has 1 unspecified atom stereocenters. The van der Waals surface area contributed by atoms with Crippen LogP contribution >= 0.6 is 0 Å². The van der Waals surface area contributed by atoms with Gasteiger partial charge in [-0.25, -0.2) is 4.98 Å². The molecule has 1 fully saturated rings. The van der Waals surface area contributed by atoms with E-state index in [9.17, 15) is 4.79 Å². The minimum absolute atomic E-state index is 0.0164. The van der Waals surface area contributed by atoms with Gasteiger partial charge in [-0.15, -0.1) is 0 Å². The van der Waals surface area contributed by atoms with Crippen LogP contribution in [0.3, 0.4) is 0 Å². The molecule has 0 aromatic carbocycles. The summed E-state index contributed by atoms with van der Waals surface area (Å²) in [5.41, 5.74) is 1.51. The van der Waals surface area contributed by atoms with Crippen LogP contribution < -0.4 is 10.9 Å². The zero-order chi connectivity index (χ0) is 13.2. The van der Waals surface area contributed by atoms with E-state index in [4.69, 9.17) is 0 Å². The number of fused-ring (bicyclic) bond motifs is 1. The standard InChI is InChI=1S/C15H19N3O/c1-11(8-12-5-6-12)16-10-13-9-15(19)18-7-3-2-4-14(18)17-13/h2-4,7,9,11-12,16H,5-6,8,10H2,1H3. The van der Waals surface area contributed by atoms with Crippen LogP contribution in [0.2, 0.25) is 0 Å². The Kier molecular flexibility index (Phi) is 3.34. The zero-order valence-corrected chi connectivity index (χ0v) is 11.2. The van der Waals surface area contributed by atoms with Crippen molar-refractivity contribution < 1.29 is 0 Å². The number of hydrogen-bond acceptors (Lipinski definition) is 3. The molecule has 1 aliphatic rings. The van der Waals surface area contributed by atoms with E-state index in [2.05, 4.69) is 17.2 Å². The largest absolute Gasteiger partial charge is 0.309 e. The molecular weight excluding hydrogens is 238 g/mol. The van der Waals surface area contributed by atoms with E-state index in [1.165, 1.54) is 19.3 Å². The fourth-order valence-electron chi connectivity index (χ4n) is 2.41. The summed E-state index contributed by atoms with van der Waals surface area (Å²) in [4.78, 5) is 16.4. The zero-order valence-electron chi connectivity index (χ0n) is 11.2. The number of hydrogen-bond donors (Lipinski definition) is 1. The van der Waals surface area contributed by atoms with Crippen LogP contribution in [0.1, 0.15) is 31.9 Å². The predicted molar refractivity (Wildman–Crippen MR) is 75.1 cm³/mol. The molecule has 1 saturated carbocycles. The Labute approximate surface area is 112 Å². The quantitative estimate of drug-likeness (QED) is 0.891. The Hall–Kier alpha value is -1.68. The fraction of sp³-hybridized carbons (Fsp3) is 0.467. The molecule has 1 N–H and O–H groups in total. The molecule has 0 radical (unpaired) electrons. The lowest BCUT2D eigenvalue weighted by Gasteiger charge is -2.13. The third-order valence-electron chi connectivity index (χ3n) is 3.64. The average Bonchev–Trinajstić information content (AvgIpc) is 3.20. The van der Waals surface area contributed by atoms with Gasteiger partial charge in [0.25, 0.3) is 5.56 Å². The van der Waals surface area contributed by atoms with Crippen molar-refractivity contribution in [2.45, 2.75) is 38.8 Å². The SMILES string of the molecule is CC(CC1CC1)NCc1cc(=O)n2ccccc2n1. The summed E-state index contributed by atoms with van der Waals surface area (Å²) >= 11 is 0. The van der Waals surface area contributed by atoms with Crippen LogP contribution in [0.5, 0.6) is 0 Å². The van der Waals surface area contributed by atoms with Crippen molar-refractivity contribution in [1.29, 1.82) is 0 Å². The van der Waals surface area contributed by atoms with E-state index in [-0.39, 0.29) is 5.56 Å². The van der Waals surface area contributed by atoms with Gasteiger partial charge in [0.05, 0.1) is 5.69 Å². The molecule has 0 amide bonds. The van der Waals surface area contributed by atoms with E-state index >= 15 is 0 Å². The molecule has 100 valence electrons. The summed E-state index contributed by atoms with van der Waals surface area (Å²) in [5, 5.41) is 3.45. The van der Waals surface area contributed by atoms with E-state index in [0.717, 1.165) is 11.6 Å². The van der Waals surface area contributed by atoms with Gasteiger partial charge in [-0.05, 0) is 31.4 Å². The van der Waals surface area contributed by atoms with Gasteiger partial charge in [0.2, 0.25) is 0 Å². The van der Waals surface area contributed by atoms with Crippen molar-refractivity contribution in [2.75, 3.05) is 0 Å². The van der Waals surface area contributed by atoms with Crippen molar-refractivity contribution >= 4 is 5.65 Å². The molecule has 2 aromatic rings. The second-order valence-corrected chi connectivity index (χ2v) is 5.48. The number of aromatic nitrogens is 2. The predicted octanol–water partition coefficient (Wildman–Crippen LogP) is 1.97. The summed E-state index contributed by atoms with van der Waals surface area (Å²) in [6, 6.07) is 7.70. The summed E-state index contributed by atoms with van der Waals surface area (Å²) in [6.45, 7) is 2.86. The molecule has 1 atom stereocenters. The monoisotopic (exact) mass is 257 g/mol. The van der Waals surface area contributed by atoms with Crippen molar-refractivity contribution in [3.63, 3.8) is 0 Å². The second kappa shape index (κ2) is 5.13. The summed E-state index contributed by atoms with van der Waals surface area (Å²) in [7, 11) is 0. The molecule has 19 heavy (non-hydrogen) atoms. The van der Waals surface area contributed by atoms with Crippen LogP contribution in [0.4, 0.5) is 0 Å². The first-order valence-electron chi connectivity index (χ1n) is 6.93. The maximum Gasteiger partial charge on any atom is 0.258 e. The van der Waals surface area contributed by atoms with Crippen LogP contribution in [0.25, 0.3) is 5.65 Å². The molecule has 0 spiro atoms. The first kappa shape index (κ1) is 12.4. The van der Waals surface area contributed by atoms with Crippen LogP contribution in [0.15, 0.2) is 35.3 Å². The van der Waals surface area contributed by atoms with Gasteiger partial charge in [0.1, 0.15) is 5.65 Å². The Morgan fingerprint density at radius 2 is 2.32 bits per heavy atom. The highest BCUT2D eigenvalue weighted by atomic mass is 16.1. The van der Waals surface area contributed by atoms with Crippen molar-refractivity contribution in [2.24, 2.45) is 5.92 Å². The summed E-state index contributed by atoms with van der Waals surface area (Å²) < 4.78 is 1.57. The Bertz CT molecular complexity index is 631. The smallest absolute Gasteiger partial charge is 0.258 e. The highest BCUT2D eigenvalue weighted by Gasteiger charge is 2.23. The maximum absolute atomic E-state index is 11.9. The molecule has 2 heterocycles. The number of rotatable bonds is 5. The Morgan fingerprint density at radius 3 is 3.11 bits per heavy atom. The Morgan fingerprint density at radius 1 is 1.47 bits per heavy atom. The minimum atomic E-state index is -0.0164. The minimum Gasteiger partial charge on any atom is -0.309 e. The number of nitrogens with zero attached hydrogens (tertiary/aromatic N) is 2. The molecule has 1 aliphatic carbocycles. The lowest BCUT2D eigenvalue weighted by atomic mass is 10.1. The maximum atomic E-state index is 11.9. The first-order valence-corrected chi connectivity index (χ1v) is 6.93. The second-order valence-electron chi connectivity index (χ2n) is 5.48. The number of pyridine rings is 1. The van der Waals surface area contributed by atoms with Crippen LogP contribution in [-0.2, 0) is 6.54 Å². The van der Waals surface area contributed by atoms with Gasteiger partial charge in [-0.2, -0.15) is 0 Å². The number of nitrogens with one attached hydrogen (secondary N) is 1. The Balaban J connectivity index is 1.71. The molecule has 0 saturated heterocycles. The molecule has 4 nitrogen and oxygen atoms in total. The lowest BCUT2D eigenvalue weighted by Crippen LogP contribution is -2.27. The van der Waals surface area contributed by atoms with Gasteiger partial charge in [-0.1, -0.05) is 18.9 Å². The molecule has 0 bridgehead atoms. The van der Waals surface area contributed by atoms with Gasteiger partial charge in [-0.3, -0.25) is 9.20 Å². The van der Waals surface area contributed by atoms with E-state index in [1.54, 1.807) is 16.7 Å². The fourth-order valence-corrected chi connectivity index (χ4v) is 2.41. The van der Waals surface area contributed by atoms with Gasteiger partial charge < -0.3 is 5.32 Å². The highest BCUT2D eigenvalue weighted by Crippen LogP contribution is 2.33. The van der Waals surface area contributed by atoms with E-state index < -0.39 is 0 Å². The summed E-state index contributed by atoms with van der Waals surface area (Å²) in [6.07, 6.45) is 5.73. The van der Waals surface area contributed by atoms with Crippen molar-refractivity contribution in [3.8, 4) is 0 Å².